The molecule has 0 radical (unpaired) electrons. The molecule has 0 spiro atoms. The summed E-state index contributed by atoms with van der Waals surface area (Å²) in [5.74, 6) is 0.967. The number of carbonyl (C=O) groups excluding carboxylic acids is 1. The number of amides is 1. The van der Waals surface area contributed by atoms with Crippen LogP contribution in [0.25, 0.3) is 0 Å². The molecule has 2 aromatic carbocycles. The number of nitrogens with zero attached hydrogens (tertiary/aromatic N) is 1. The van der Waals surface area contributed by atoms with Gasteiger partial charge in [-0.1, -0.05) is 52.1 Å². The summed E-state index contributed by atoms with van der Waals surface area (Å²) < 4.78 is 16.4. The lowest BCUT2D eigenvalue weighted by molar-refractivity contribution is 0.0636. The molecule has 35 heavy (non-hydrogen) atoms. The number of nitrogens with one attached hydrogen (secondary N) is 1. The third-order valence-corrected chi connectivity index (χ3v) is 4.97. The third-order valence-electron chi connectivity index (χ3n) is 4.38. The van der Waals surface area contributed by atoms with Crippen molar-refractivity contribution in [2.75, 3.05) is 25.6 Å². The minimum atomic E-state index is -0.556. The first-order valence-corrected chi connectivity index (χ1v) is 11.9. The van der Waals surface area contributed by atoms with Gasteiger partial charge in [0.05, 0.1) is 17.8 Å². The summed E-state index contributed by atoms with van der Waals surface area (Å²) in [7, 11) is 1.52. The van der Waals surface area contributed by atoms with Crippen LogP contribution in [0.5, 0.6) is 11.5 Å². The number of oxime groups is 1. The molecular weight excluding hydrogens is 515 g/mol. The number of anilines is 1. The van der Waals surface area contributed by atoms with E-state index in [0.717, 1.165) is 5.56 Å². The zero-order valence-electron chi connectivity index (χ0n) is 20.3. The zero-order valence-corrected chi connectivity index (χ0v) is 22.6. The van der Waals surface area contributed by atoms with Crippen LogP contribution in [0.2, 0.25) is 5.02 Å². The number of benzene rings is 2. The van der Waals surface area contributed by atoms with Crippen molar-refractivity contribution in [1.29, 1.82) is 0 Å². The Bertz CT molecular complexity index is 1060. The largest absolute Gasteiger partial charge is 0.494 e. The van der Waals surface area contributed by atoms with Crippen molar-refractivity contribution in [3.05, 3.63) is 63.1 Å². The molecule has 0 aliphatic heterocycles. The van der Waals surface area contributed by atoms with Crippen LogP contribution >= 0.6 is 34.8 Å². The molecule has 0 unspecified atom stereocenters. The highest BCUT2D eigenvalue weighted by molar-refractivity contribution is 6.55. The van der Waals surface area contributed by atoms with E-state index in [1.54, 1.807) is 31.2 Å². The summed E-state index contributed by atoms with van der Waals surface area (Å²) in [5.41, 5.74) is 2.31. The highest BCUT2D eigenvalue weighted by atomic mass is 35.5. The molecule has 1 amide bonds. The lowest BCUT2D eigenvalue weighted by atomic mass is 10.1. The molecule has 1 N–H and O–H groups in total. The Morgan fingerprint density at radius 2 is 1.83 bits per heavy atom. The molecule has 0 aromatic heterocycles. The van der Waals surface area contributed by atoms with Gasteiger partial charge in [0.1, 0.15) is 34.8 Å². The topological polar surface area (TPSA) is 78.4 Å². The minimum absolute atomic E-state index is 0.116. The van der Waals surface area contributed by atoms with E-state index in [1.807, 2.05) is 32.9 Å². The van der Waals surface area contributed by atoms with Crippen LogP contribution in [-0.4, -0.2) is 37.7 Å². The molecule has 0 saturated carbocycles. The Labute approximate surface area is 220 Å². The quantitative estimate of drug-likeness (QED) is 0.192. The van der Waals surface area contributed by atoms with E-state index in [-0.39, 0.29) is 11.1 Å². The van der Waals surface area contributed by atoms with Crippen molar-refractivity contribution in [3.63, 3.8) is 0 Å². The van der Waals surface area contributed by atoms with Gasteiger partial charge in [-0.25, -0.2) is 4.79 Å². The van der Waals surface area contributed by atoms with Crippen molar-refractivity contribution in [1.82, 2.24) is 0 Å². The van der Waals surface area contributed by atoms with Gasteiger partial charge in [0.15, 0.2) is 0 Å². The molecule has 190 valence electrons. The fourth-order valence-corrected chi connectivity index (χ4v) is 3.27. The SMILES string of the molecule is COc1c(Cl)cc(OCC=C(Cl)Cl)cc1C(C)=NOCCc1ccc(NC(=O)OC(C)(C)C)cc1. The van der Waals surface area contributed by atoms with Crippen molar-refractivity contribution in [2.24, 2.45) is 5.16 Å². The lowest BCUT2D eigenvalue weighted by Gasteiger charge is -2.19. The van der Waals surface area contributed by atoms with Crippen molar-refractivity contribution in [3.8, 4) is 11.5 Å². The monoisotopic (exact) mass is 542 g/mol. The molecule has 2 aromatic rings. The number of carbonyl (C=O) groups is 1. The van der Waals surface area contributed by atoms with Gasteiger partial charge in [-0.05, 0) is 57.5 Å². The molecule has 0 saturated heterocycles. The molecule has 0 heterocycles. The van der Waals surface area contributed by atoms with E-state index in [2.05, 4.69) is 10.5 Å². The Hall–Kier alpha value is -2.61. The first kappa shape index (κ1) is 28.6. The fraction of sp³-hybridized carbons (Fsp3) is 0.360. The molecule has 0 atom stereocenters. The second-order valence-electron chi connectivity index (χ2n) is 8.37. The van der Waals surface area contributed by atoms with Gasteiger partial charge in [-0.2, -0.15) is 0 Å². The van der Waals surface area contributed by atoms with Gasteiger partial charge in [-0.3, -0.25) is 5.32 Å². The van der Waals surface area contributed by atoms with Crippen LogP contribution < -0.4 is 14.8 Å². The summed E-state index contributed by atoms with van der Waals surface area (Å²) >= 11 is 17.6. The van der Waals surface area contributed by atoms with Gasteiger partial charge in [0.2, 0.25) is 0 Å². The smallest absolute Gasteiger partial charge is 0.412 e. The number of ether oxygens (including phenoxy) is 3. The standard InChI is InChI=1S/C25H29Cl3N2O5/c1-16(20-14-19(33-12-11-22(27)28)15-21(26)23(20)32-5)30-34-13-10-17-6-8-18(9-7-17)29-24(31)35-25(2,3)4/h6-9,11,14-15H,10,12-13H2,1-5H3,(H,29,31). The van der Waals surface area contributed by atoms with E-state index in [0.29, 0.717) is 46.5 Å². The summed E-state index contributed by atoms with van der Waals surface area (Å²) in [6.07, 6.45) is 1.64. The molecular formula is C25H29Cl3N2O5. The summed E-state index contributed by atoms with van der Waals surface area (Å²) in [6, 6.07) is 10.8. The van der Waals surface area contributed by atoms with Gasteiger partial charge in [0, 0.05) is 23.7 Å². The number of methoxy groups -OCH3 is 1. The average molecular weight is 544 g/mol. The first-order valence-electron chi connectivity index (χ1n) is 10.8. The van der Waals surface area contributed by atoms with Crippen LogP contribution in [0.15, 0.2) is 52.1 Å². The number of hydrogen-bond donors (Lipinski definition) is 1. The Morgan fingerprint density at radius 1 is 1.14 bits per heavy atom. The van der Waals surface area contributed by atoms with Gasteiger partial charge < -0.3 is 19.0 Å². The first-order chi connectivity index (χ1) is 16.5. The van der Waals surface area contributed by atoms with Gasteiger partial charge in [-0.15, -0.1) is 0 Å². The van der Waals surface area contributed by atoms with E-state index in [9.17, 15) is 4.79 Å². The van der Waals surface area contributed by atoms with E-state index >= 15 is 0 Å². The molecule has 0 aliphatic rings. The normalized spacial score (nSPS) is 11.5. The number of rotatable bonds is 10. The maximum atomic E-state index is 11.9. The van der Waals surface area contributed by atoms with Gasteiger partial charge in [0.25, 0.3) is 0 Å². The van der Waals surface area contributed by atoms with Crippen molar-refractivity contribution in [2.45, 2.75) is 39.7 Å². The zero-order chi connectivity index (χ0) is 26.0. The third kappa shape index (κ3) is 10.3. The highest BCUT2D eigenvalue weighted by Gasteiger charge is 2.16. The Kier molecular flexibility index (Phi) is 11.0. The van der Waals surface area contributed by atoms with E-state index in [4.69, 9.17) is 53.9 Å². The predicted octanol–water partition coefficient (Wildman–Crippen LogP) is 7.38. The van der Waals surface area contributed by atoms with E-state index < -0.39 is 11.7 Å². The lowest BCUT2D eigenvalue weighted by Crippen LogP contribution is -2.27. The van der Waals surface area contributed by atoms with Crippen LogP contribution in [0.3, 0.4) is 0 Å². The van der Waals surface area contributed by atoms with E-state index in [1.165, 1.54) is 13.2 Å². The Morgan fingerprint density at radius 3 is 2.43 bits per heavy atom. The molecule has 7 nitrogen and oxygen atoms in total. The minimum Gasteiger partial charge on any atom is -0.494 e. The maximum Gasteiger partial charge on any atom is 0.412 e. The number of hydrogen-bond acceptors (Lipinski definition) is 6. The molecule has 0 aliphatic carbocycles. The molecule has 0 bridgehead atoms. The van der Waals surface area contributed by atoms with Crippen molar-refractivity contribution >= 4 is 52.3 Å². The second kappa shape index (κ2) is 13.5. The number of halogens is 3. The summed E-state index contributed by atoms with van der Waals surface area (Å²) in [4.78, 5) is 17.4. The Balaban J connectivity index is 1.96. The van der Waals surface area contributed by atoms with Crippen LogP contribution in [0.4, 0.5) is 10.5 Å². The van der Waals surface area contributed by atoms with Crippen molar-refractivity contribution < 1.29 is 23.8 Å². The highest BCUT2D eigenvalue weighted by Crippen LogP contribution is 2.34. The molecule has 10 heteroatoms. The maximum absolute atomic E-state index is 11.9. The van der Waals surface area contributed by atoms with Crippen LogP contribution in [0, 0.1) is 0 Å². The molecule has 2 rings (SSSR count). The van der Waals surface area contributed by atoms with Gasteiger partial charge >= 0.3 is 6.09 Å². The summed E-state index contributed by atoms with van der Waals surface area (Å²) in [5, 5.41) is 7.27. The molecule has 0 fully saturated rings. The fourth-order valence-electron chi connectivity index (χ4n) is 2.86. The predicted molar refractivity (Wildman–Crippen MR) is 141 cm³/mol. The average Bonchev–Trinajstić information content (AvgIpc) is 2.75. The second-order valence-corrected chi connectivity index (χ2v) is 9.79. The van der Waals surface area contributed by atoms with Crippen LogP contribution in [-0.2, 0) is 16.0 Å². The summed E-state index contributed by atoms with van der Waals surface area (Å²) in [6.45, 7) is 7.75. The van der Waals surface area contributed by atoms with Crippen LogP contribution in [0.1, 0.15) is 38.8 Å².